The molecule has 1 fully saturated rings. The first-order valence-electron chi connectivity index (χ1n) is 10.7. The monoisotopic (exact) mass is 446 g/mol. The van der Waals surface area contributed by atoms with E-state index >= 15 is 0 Å². The minimum absolute atomic E-state index is 0.0201. The highest BCUT2D eigenvalue weighted by molar-refractivity contribution is 7.09. The molecule has 0 saturated carbocycles. The zero-order chi connectivity index (χ0) is 22.8. The van der Waals surface area contributed by atoms with Crippen LogP contribution in [0.15, 0.2) is 66.0 Å². The Morgan fingerprint density at radius 2 is 1.75 bits per heavy atom. The van der Waals surface area contributed by atoms with Gasteiger partial charge in [-0.3, -0.25) is 14.4 Å². The zero-order valence-electron chi connectivity index (χ0n) is 18.4. The van der Waals surface area contributed by atoms with Crippen LogP contribution in [0.2, 0.25) is 0 Å². The van der Waals surface area contributed by atoms with Gasteiger partial charge in [-0.05, 0) is 54.1 Å². The Balaban J connectivity index is 1.64. The van der Waals surface area contributed by atoms with Crippen LogP contribution in [0.4, 0.5) is 5.69 Å². The van der Waals surface area contributed by atoms with Gasteiger partial charge in [0.1, 0.15) is 6.04 Å². The third-order valence-electron chi connectivity index (χ3n) is 5.78. The second-order valence-electron chi connectivity index (χ2n) is 8.41. The summed E-state index contributed by atoms with van der Waals surface area (Å²) in [5.74, 6) is -0.536. The van der Waals surface area contributed by atoms with E-state index in [0.29, 0.717) is 17.2 Å². The molecule has 1 aliphatic rings. The molecule has 32 heavy (non-hydrogen) atoms. The summed E-state index contributed by atoms with van der Waals surface area (Å²) in [4.78, 5) is 43.5. The van der Waals surface area contributed by atoms with Crippen LogP contribution in [0.25, 0.3) is 0 Å². The Morgan fingerprint density at radius 1 is 1.06 bits per heavy atom. The van der Waals surface area contributed by atoms with Gasteiger partial charge in [0, 0.05) is 10.4 Å². The van der Waals surface area contributed by atoms with Crippen molar-refractivity contribution in [2.45, 2.75) is 45.7 Å². The molecule has 6 heteroatoms. The van der Waals surface area contributed by atoms with E-state index in [1.165, 1.54) is 16.2 Å². The van der Waals surface area contributed by atoms with E-state index in [0.717, 1.165) is 16.0 Å². The van der Waals surface area contributed by atoms with Crippen molar-refractivity contribution in [1.29, 1.82) is 0 Å². The molecule has 1 unspecified atom stereocenters. The SMILES string of the molecule is Cc1ccc(C(=O)N(Cc2cccs2)C2CC(=O)N(c3ccc(C(C)C)cc3)C2=O)cc1. The molecule has 1 saturated heterocycles. The number of imide groups is 1. The lowest BCUT2D eigenvalue weighted by molar-refractivity contribution is -0.122. The zero-order valence-corrected chi connectivity index (χ0v) is 19.3. The first-order chi connectivity index (χ1) is 15.3. The van der Waals surface area contributed by atoms with E-state index in [1.54, 1.807) is 29.2 Å². The largest absolute Gasteiger partial charge is 0.321 e. The molecule has 1 aliphatic heterocycles. The van der Waals surface area contributed by atoms with Crippen molar-refractivity contribution in [3.63, 3.8) is 0 Å². The number of amides is 3. The summed E-state index contributed by atoms with van der Waals surface area (Å²) >= 11 is 1.52. The number of nitrogens with zero attached hydrogens (tertiary/aromatic N) is 2. The van der Waals surface area contributed by atoms with E-state index in [2.05, 4.69) is 13.8 Å². The highest BCUT2D eigenvalue weighted by atomic mass is 32.1. The van der Waals surface area contributed by atoms with Crippen molar-refractivity contribution in [2.75, 3.05) is 4.90 Å². The predicted molar refractivity (Wildman–Crippen MR) is 127 cm³/mol. The lowest BCUT2D eigenvalue weighted by Crippen LogP contribution is -2.45. The maximum absolute atomic E-state index is 13.4. The van der Waals surface area contributed by atoms with Crippen LogP contribution in [-0.2, 0) is 16.1 Å². The molecular weight excluding hydrogens is 420 g/mol. The summed E-state index contributed by atoms with van der Waals surface area (Å²) in [5.41, 5.74) is 3.24. The van der Waals surface area contributed by atoms with Gasteiger partial charge in [-0.25, -0.2) is 4.90 Å². The van der Waals surface area contributed by atoms with E-state index < -0.39 is 6.04 Å². The molecule has 2 heterocycles. The maximum atomic E-state index is 13.4. The van der Waals surface area contributed by atoms with Crippen molar-refractivity contribution >= 4 is 34.7 Å². The summed E-state index contributed by atoms with van der Waals surface area (Å²) in [7, 11) is 0. The number of benzene rings is 2. The minimum Gasteiger partial charge on any atom is -0.321 e. The quantitative estimate of drug-likeness (QED) is 0.492. The van der Waals surface area contributed by atoms with Crippen LogP contribution < -0.4 is 4.90 Å². The molecule has 0 N–H and O–H groups in total. The van der Waals surface area contributed by atoms with Crippen LogP contribution >= 0.6 is 11.3 Å². The summed E-state index contributed by atoms with van der Waals surface area (Å²) in [5, 5.41) is 1.94. The fourth-order valence-corrected chi connectivity index (χ4v) is 4.60. The molecule has 0 radical (unpaired) electrons. The molecule has 4 rings (SSSR count). The molecule has 0 bridgehead atoms. The molecule has 1 aromatic heterocycles. The summed E-state index contributed by atoms with van der Waals surface area (Å²) in [6.07, 6.45) is -0.0201. The third-order valence-corrected chi connectivity index (χ3v) is 6.64. The lowest BCUT2D eigenvalue weighted by Gasteiger charge is -2.27. The van der Waals surface area contributed by atoms with Crippen LogP contribution in [0.1, 0.15) is 52.5 Å². The van der Waals surface area contributed by atoms with Gasteiger partial charge < -0.3 is 4.90 Å². The van der Waals surface area contributed by atoms with E-state index in [4.69, 9.17) is 0 Å². The maximum Gasteiger partial charge on any atom is 0.257 e. The highest BCUT2D eigenvalue weighted by Crippen LogP contribution is 2.29. The van der Waals surface area contributed by atoms with Crippen LogP contribution in [-0.4, -0.2) is 28.7 Å². The molecule has 3 amide bonds. The second-order valence-corrected chi connectivity index (χ2v) is 9.44. The number of thiophene rings is 1. The molecule has 164 valence electrons. The van der Waals surface area contributed by atoms with Gasteiger partial charge in [0.25, 0.3) is 11.8 Å². The highest BCUT2D eigenvalue weighted by Gasteiger charge is 2.44. The number of carbonyl (C=O) groups excluding carboxylic acids is 3. The molecule has 3 aromatic rings. The van der Waals surface area contributed by atoms with Gasteiger partial charge >= 0.3 is 0 Å². The molecule has 5 nitrogen and oxygen atoms in total. The summed E-state index contributed by atoms with van der Waals surface area (Å²) in [6.45, 7) is 6.43. The number of rotatable bonds is 6. The van der Waals surface area contributed by atoms with Gasteiger partial charge in [0.2, 0.25) is 5.91 Å². The van der Waals surface area contributed by atoms with Crippen molar-refractivity contribution in [1.82, 2.24) is 4.90 Å². The fourth-order valence-electron chi connectivity index (χ4n) is 3.89. The van der Waals surface area contributed by atoms with E-state index in [1.807, 2.05) is 48.7 Å². The predicted octanol–water partition coefficient (Wildman–Crippen LogP) is 5.15. The average Bonchev–Trinajstić information content (AvgIpc) is 3.39. The van der Waals surface area contributed by atoms with Crippen LogP contribution in [0.5, 0.6) is 0 Å². The average molecular weight is 447 g/mol. The molecular formula is C26H26N2O3S. The standard InChI is InChI=1S/C26H26N2O3S/c1-17(2)19-10-12-21(13-11-19)28-24(29)15-23(26(28)31)27(16-22-5-4-14-32-22)25(30)20-8-6-18(3)7-9-20/h4-14,17,23H,15-16H2,1-3H3. The first kappa shape index (κ1) is 22.0. The summed E-state index contributed by atoms with van der Waals surface area (Å²) in [6, 6.07) is 17.8. The minimum atomic E-state index is -0.830. The topological polar surface area (TPSA) is 57.7 Å². The number of anilines is 1. The normalized spacial score (nSPS) is 16.1. The van der Waals surface area contributed by atoms with Crippen LogP contribution in [0, 0.1) is 6.92 Å². The Labute approximate surface area is 192 Å². The number of carbonyl (C=O) groups is 3. The first-order valence-corrected chi connectivity index (χ1v) is 11.6. The van der Waals surface area contributed by atoms with Gasteiger partial charge in [0.05, 0.1) is 18.7 Å². The Hall–Kier alpha value is -3.25. The second kappa shape index (κ2) is 9.09. The molecule has 2 aromatic carbocycles. The van der Waals surface area contributed by atoms with Crippen molar-refractivity contribution < 1.29 is 14.4 Å². The Kier molecular flexibility index (Phi) is 6.24. The number of hydrogen-bond donors (Lipinski definition) is 0. The van der Waals surface area contributed by atoms with E-state index in [-0.39, 0.29) is 30.7 Å². The van der Waals surface area contributed by atoms with Gasteiger partial charge in [-0.1, -0.05) is 49.7 Å². The Bertz CT molecular complexity index is 1120. The van der Waals surface area contributed by atoms with Gasteiger partial charge in [0.15, 0.2) is 0 Å². The van der Waals surface area contributed by atoms with Crippen molar-refractivity contribution in [2.24, 2.45) is 0 Å². The van der Waals surface area contributed by atoms with Gasteiger partial charge in [-0.15, -0.1) is 11.3 Å². The molecule has 0 spiro atoms. The number of hydrogen-bond acceptors (Lipinski definition) is 4. The molecule has 1 atom stereocenters. The Morgan fingerprint density at radius 3 is 2.34 bits per heavy atom. The van der Waals surface area contributed by atoms with E-state index in [9.17, 15) is 14.4 Å². The van der Waals surface area contributed by atoms with Gasteiger partial charge in [-0.2, -0.15) is 0 Å². The smallest absolute Gasteiger partial charge is 0.257 e. The molecule has 0 aliphatic carbocycles. The lowest BCUT2D eigenvalue weighted by atomic mass is 10.0. The number of aryl methyl sites for hydroxylation is 1. The van der Waals surface area contributed by atoms with Crippen molar-refractivity contribution in [3.8, 4) is 0 Å². The summed E-state index contributed by atoms with van der Waals surface area (Å²) < 4.78 is 0. The third kappa shape index (κ3) is 4.36. The van der Waals surface area contributed by atoms with Crippen molar-refractivity contribution in [3.05, 3.63) is 87.6 Å². The van der Waals surface area contributed by atoms with Crippen LogP contribution in [0.3, 0.4) is 0 Å². The fraction of sp³-hybridized carbons (Fsp3) is 0.269.